The molecule has 0 unspecified atom stereocenters. The lowest BCUT2D eigenvalue weighted by atomic mass is 10.0. The summed E-state index contributed by atoms with van der Waals surface area (Å²) in [7, 11) is 0. The smallest absolute Gasteiger partial charge is 0.357 e. The maximum atomic E-state index is 12.2. The van der Waals surface area contributed by atoms with E-state index in [0.717, 1.165) is 5.56 Å². The molecule has 0 saturated heterocycles. The summed E-state index contributed by atoms with van der Waals surface area (Å²) in [6, 6.07) is 13.6. The third kappa shape index (κ3) is 4.98. The average Bonchev–Trinajstić information content (AvgIpc) is 3.03. The molecule has 0 fully saturated rings. The number of rotatable bonds is 5. The van der Waals surface area contributed by atoms with Gasteiger partial charge in [-0.05, 0) is 63.1 Å². The lowest BCUT2D eigenvalue weighted by Gasteiger charge is -2.19. The molecular weight excluding hydrogens is 430 g/mol. The van der Waals surface area contributed by atoms with Crippen molar-refractivity contribution in [2.24, 2.45) is 0 Å². The van der Waals surface area contributed by atoms with Crippen molar-refractivity contribution in [2.45, 2.75) is 39.8 Å². The third-order valence-electron chi connectivity index (χ3n) is 4.71. The first kappa shape index (κ1) is 23.0. The molecule has 0 spiro atoms. The van der Waals surface area contributed by atoms with Crippen molar-refractivity contribution in [1.29, 1.82) is 5.26 Å². The van der Waals surface area contributed by atoms with Crippen LogP contribution in [0, 0.1) is 18.3 Å². The maximum Gasteiger partial charge on any atom is 0.357 e. The van der Waals surface area contributed by atoms with Crippen LogP contribution in [-0.2, 0) is 11.3 Å². The molecule has 0 atom stereocenters. The highest BCUT2D eigenvalue weighted by atomic mass is 35.5. The van der Waals surface area contributed by atoms with Crippen LogP contribution < -0.4 is 0 Å². The molecule has 0 bridgehead atoms. The number of benzene rings is 2. The Balaban J connectivity index is 1.92. The Morgan fingerprint density at radius 3 is 2.38 bits per heavy atom. The second kappa shape index (κ2) is 8.85. The normalized spacial score (nSPS) is 11.1. The van der Waals surface area contributed by atoms with E-state index in [0.29, 0.717) is 34.5 Å². The second-order valence-electron chi connectivity index (χ2n) is 8.28. The summed E-state index contributed by atoms with van der Waals surface area (Å²) >= 11 is 6.15. The highest BCUT2D eigenvalue weighted by molar-refractivity contribution is 6.32. The van der Waals surface area contributed by atoms with Crippen LogP contribution in [0.1, 0.15) is 58.4 Å². The van der Waals surface area contributed by atoms with E-state index in [1.165, 1.54) is 0 Å². The van der Waals surface area contributed by atoms with E-state index in [9.17, 15) is 14.7 Å². The second-order valence-corrected chi connectivity index (χ2v) is 8.68. The molecule has 164 valence electrons. The van der Waals surface area contributed by atoms with Crippen molar-refractivity contribution < 1.29 is 19.4 Å². The summed E-state index contributed by atoms with van der Waals surface area (Å²) in [5.41, 5.74) is 2.53. The number of halogens is 1. The lowest BCUT2D eigenvalue weighted by Crippen LogP contribution is -2.23. The average molecular weight is 452 g/mol. The summed E-state index contributed by atoms with van der Waals surface area (Å²) in [6.07, 6.45) is 0. The summed E-state index contributed by atoms with van der Waals surface area (Å²) in [5, 5.41) is 23.3. The topological polar surface area (TPSA) is 105 Å². The van der Waals surface area contributed by atoms with Gasteiger partial charge in [0.25, 0.3) is 0 Å². The number of carbonyl (C=O) groups excluding carboxylic acids is 1. The number of nitriles is 1. The number of ether oxygens (including phenoxy) is 1. The predicted molar refractivity (Wildman–Crippen MR) is 120 cm³/mol. The van der Waals surface area contributed by atoms with Crippen molar-refractivity contribution in [1.82, 2.24) is 9.78 Å². The number of aromatic carboxylic acids is 1. The number of carbonyl (C=O) groups is 2. The lowest BCUT2D eigenvalue weighted by molar-refractivity contribution is 0.00693. The number of hydrogen-bond donors (Lipinski definition) is 1. The van der Waals surface area contributed by atoms with Gasteiger partial charge in [0.2, 0.25) is 0 Å². The fourth-order valence-corrected chi connectivity index (χ4v) is 3.44. The molecule has 1 heterocycles. The monoisotopic (exact) mass is 451 g/mol. The van der Waals surface area contributed by atoms with Crippen LogP contribution in [0.2, 0.25) is 5.02 Å². The van der Waals surface area contributed by atoms with Gasteiger partial charge in [-0.15, -0.1) is 0 Å². The van der Waals surface area contributed by atoms with Gasteiger partial charge in [0.1, 0.15) is 11.7 Å². The van der Waals surface area contributed by atoms with Gasteiger partial charge in [0, 0.05) is 11.3 Å². The summed E-state index contributed by atoms with van der Waals surface area (Å²) in [5.74, 6) is -1.57. The van der Waals surface area contributed by atoms with Crippen LogP contribution in [0.4, 0.5) is 0 Å². The minimum Gasteiger partial charge on any atom is -0.476 e. The van der Waals surface area contributed by atoms with E-state index in [4.69, 9.17) is 21.6 Å². The fraction of sp³-hybridized carbons (Fsp3) is 0.250. The molecule has 0 aliphatic rings. The van der Waals surface area contributed by atoms with Gasteiger partial charge in [-0.2, -0.15) is 10.4 Å². The molecule has 1 aromatic heterocycles. The number of carboxylic acids is 1. The molecule has 1 N–H and O–H groups in total. The van der Waals surface area contributed by atoms with E-state index < -0.39 is 17.5 Å². The third-order valence-corrected chi connectivity index (χ3v) is 5.02. The Morgan fingerprint density at radius 2 is 1.84 bits per heavy atom. The predicted octanol–water partition coefficient (Wildman–Crippen LogP) is 5.09. The highest BCUT2D eigenvalue weighted by Crippen LogP contribution is 2.31. The minimum atomic E-state index is -1.16. The Bertz CT molecular complexity index is 1230. The van der Waals surface area contributed by atoms with Gasteiger partial charge in [-0.3, -0.25) is 4.68 Å². The largest absolute Gasteiger partial charge is 0.476 e. The summed E-state index contributed by atoms with van der Waals surface area (Å²) < 4.78 is 6.96. The molecule has 0 aliphatic carbocycles. The Labute approximate surface area is 190 Å². The van der Waals surface area contributed by atoms with E-state index in [1.807, 2.05) is 6.07 Å². The molecule has 2 aromatic carbocycles. The van der Waals surface area contributed by atoms with Crippen LogP contribution in [0.3, 0.4) is 0 Å². The zero-order valence-electron chi connectivity index (χ0n) is 18.1. The van der Waals surface area contributed by atoms with Crippen molar-refractivity contribution in [2.75, 3.05) is 0 Å². The van der Waals surface area contributed by atoms with Gasteiger partial charge in [0.15, 0.2) is 5.69 Å². The van der Waals surface area contributed by atoms with Crippen molar-refractivity contribution in [3.63, 3.8) is 0 Å². The molecule has 7 nitrogen and oxygen atoms in total. The molecule has 0 amide bonds. The fourth-order valence-electron chi connectivity index (χ4n) is 3.21. The summed E-state index contributed by atoms with van der Waals surface area (Å²) in [6.45, 7) is 7.50. The molecule has 32 heavy (non-hydrogen) atoms. The van der Waals surface area contributed by atoms with Gasteiger partial charge in [0.05, 0.1) is 22.7 Å². The standard InChI is InChI=1S/C24H22ClN3O4/c1-14-20(17-9-10-18(12-26)19(25)11-17)21(22(29)30)27-28(14)13-15-5-7-16(8-6-15)23(31)32-24(2,3)4/h5-11H,13H2,1-4H3,(H,29,30). The van der Waals surface area contributed by atoms with Crippen molar-refractivity contribution >= 4 is 23.5 Å². The van der Waals surface area contributed by atoms with Crippen molar-refractivity contribution in [3.8, 4) is 17.2 Å². The minimum absolute atomic E-state index is 0.103. The van der Waals surface area contributed by atoms with Crippen LogP contribution in [0.5, 0.6) is 0 Å². The Morgan fingerprint density at radius 1 is 1.19 bits per heavy atom. The summed E-state index contributed by atoms with van der Waals surface area (Å²) in [4.78, 5) is 24.0. The van der Waals surface area contributed by atoms with E-state index in [-0.39, 0.29) is 10.7 Å². The number of nitrogens with zero attached hydrogens (tertiary/aromatic N) is 3. The quantitative estimate of drug-likeness (QED) is 0.542. The van der Waals surface area contributed by atoms with E-state index >= 15 is 0 Å². The highest BCUT2D eigenvalue weighted by Gasteiger charge is 2.23. The van der Waals surface area contributed by atoms with Gasteiger partial charge >= 0.3 is 11.9 Å². The molecule has 0 saturated carbocycles. The number of hydrogen-bond acceptors (Lipinski definition) is 5. The van der Waals surface area contributed by atoms with E-state index in [1.54, 1.807) is 74.8 Å². The molecule has 3 aromatic rings. The van der Waals surface area contributed by atoms with Crippen LogP contribution in [0.25, 0.3) is 11.1 Å². The SMILES string of the molecule is Cc1c(-c2ccc(C#N)c(Cl)c2)c(C(=O)O)nn1Cc1ccc(C(=O)OC(C)(C)C)cc1. The van der Waals surface area contributed by atoms with Crippen molar-refractivity contribution in [3.05, 3.63) is 75.6 Å². The molecular formula is C24H22ClN3O4. The van der Waals surface area contributed by atoms with Crippen LogP contribution in [0.15, 0.2) is 42.5 Å². The zero-order chi connectivity index (χ0) is 23.6. The van der Waals surface area contributed by atoms with Gasteiger partial charge in [-0.1, -0.05) is 29.8 Å². The Hall–Kier alpha value is -3.63. The molecule has 0 radical (unpaired) electrons. The van der Waals surface area contributed by atoms with Gasteiger partial charge in [-0.25, -0.2) is 9.59 Å². The van der Waals surface area contributed by atoms with Crippen LogP contribution in [-0.4, -0.2) is 32.4 Å². The first-order chi connectivity index (χ1) is 15.0. The Kier molecular flexibility index (Phi) is 6.37. The number of aromatic nitrogens is 2. The maximum absolute atomic E-state index is 12.2. The molecule has 3 rings (SSSR count). The molecule has 0 aliphatic heterocycles. The van der Waals surface area contributed by atoms with Gasteiger partial charge < -0.3 is 9.84 Å². The first-order valence-electron chi connectivity index (χ1n) is 9.83. The van der Waals surface area contributed by atoms with Crippen LogP contribution >= 0.6 is 11.6 Å². The first-order valence-corrected chi connectivity index (χ1v) is 10.2. The molecule has 8 heteroatoms. The number of esters is 1. The van der Waals surface area contributed by atoms with E-state index in [2.05, 4.69) is 5.10 Å². The zero-order valence-corrected chi connectivity index (χ0v) is 18.9. The number of carboxylic acid groups (broad SMARTS) is 1.